The van der Waals surface area contributed by atoms with Crippen molar-refractivity contribution < 1.29 is 33.4 Å². The molecule has 2 heterocycles. The summed E-state index contributed by atoms with van der Waals surface area (Å²) in [7, 11) is 4.54. The van der Waals surface area contributed by atoms with Gasteiger partial charge in [-0.1, -0.05) is 33.3 Å². The Kier molecular flexibility index (Phi) is 10.1. The molecule has 0 unspecified atom stereocenters. The number of nitro benzene ring substituents is 1. The summed E-state index contributed by atoms with van der Waals surface area (Å²) in [5.41, 5.74) is 2.30. The molecule has 0 amide bonds. The van der Waals surface area contributed by atoms with Gasteiger partial charge in [-0.05, 0) is 73.0 Å². The largest absolute Gasteiger partial charge is 0.493 e. The molecule has 3 aromatic carbocycles. The second-order valence-corrected chi connectivity index (χ2v) is 12.0. The van der Waals surface area contributed by atoms with Gasteiger partial charge in [0.05, 0.1) is 54.7 Å². The van der Waals surface area contributed by atoms with Gasteiger partial charge in [-0.15, -0.1) is 0 Å². The van der Waals surface area contributed by atoms with Gasteiger partial charge in [0.25, 0.3) is 11.2 Å². The van der Waals surface area contributed by atoms with Gasteiger partial charge in [0, 0.05) is 16.6 Å². The second kappa shape index (κ2) is 14.2. The van der Waals surface area contributed by atoms with Crippen LogP contribution in [0.2, 0.25) is 0 Å². The summed E-state index contributed by atoms with van der Waals surface area (Å²) >= 11 is 4.79. The van der Waals surface area contributed by atoms with E-state index >= 15 is 0 Å². The molecule has 0 fully saturated rings. The fourth-order valence-corrected chi connectivity index (χ4v) is 6.67. The minimum Gasteiger partial charge on any atom is -0.493 e. The van der Waals surface area contributed by atoms with E-state index < -0.39 is 16.9 Å². The lowest BCUT2D eigenvalue weighted by molar-refractivity contribution is -0.384. The lowest BCUT2D eigenvalue weighted by Crippen LogP contribution is -2.40. The van der Waals surface area contributed by atoms with Gasteiger partial charge in [-0.3, -0.25) is 19.5 Å². The molecule has 4 aromatic rings. The van der Waals surface area contributed by atoms with Crippen molar-refractivity contribution >= 4 is 45.0 Å². The number of methoxy groups -OCH3 is 3. The monoisotopic (exact) mass is 723 g/mol. The Morgan fingerprint density at radius 1 is 1.02 bits per heavy atom. The first kappa shape index (κ1) is 33.4. The van der Waals surface area contributed by atoms with E-state index in [0.717, 1.165) is 5.56 Å². The van der Waals surface area contributed by atoms with E-state index in [9.17, 15) is 19.7 Å². The fourth-order valence-electron chi connectivity index (χ4n) is 5.08. The molecule has 244 valence electrons. The number of allylic oxidation sites excluding steroid dienone is 1. The molecule has 1 atom stereocenters. The molecular formula is C33H30BrN3O9S. The number of ether oxygens (including phenoxy) is 5. The number of nitrogens with zero attached hydrogens (tertiary/aromatic N) is 3. The zero-order valence-electron chi connectivity index (χ0n) is 26.1. The zero-order valence-corrected chi connectivity index (χ0v) is 28.5. The van der Waals surface area contributed by atoms with E-state index in [4.69, 9.17) is 23.7 Å². The lowest BCUT2D eigenvalue weighted by atomic mass is 9.95. The number of aromatic nitrogens is 1. The maximum Gasteiger partial charge on any atom is 0.338 e. The van der Waals surface area contributed by atoms with E-state index in [1.807, 2.05) is 0 Å². The Morgan fingerprint density at radius 3 is 2.32 bits per heavy atom. The number of hydrogen-bond donors (Lipinski definition) is 0. The lowest BCUT2D eigenvalue weighted by Gasteiger charge is -2.26. The molecule has 5 rings (SSSR count). The minimum absolute atomic E-state index is 0.00378. The molecule has 1 aromatic heterocycles. The maximum absolute atomic E-state index is 14.1. The first-order valence-corrected chi connectivity index (χ1v) is 15.9. The van der Waals surface area contributed by atoms with Gasteiger partial charge in [0.1, 0.15) is 6.61 Å². The van der Waals surface area contributed by atoms with Crippen molar-refractivity contribution in [2.24, 2.45) is 4.99 Å². The first-order valence-electron chi connectivity index (χ1n) is 14.2. The topological polar surface area (TPSA) is 141 Å². The van der Waals surface area contributed by atoms with Gasteiger partial charge in [-0.25, -0.2) is 9.79 Å². The highest BCUT2D eigenvalue weighted by molar-refractivity contribution is 9.10. The first-order chi connectivity index (χ1) is 22.6. The van der Waals surface area contributed by atoms with Crippen LogP contribution in [0.15, 0.2) is 80.1 Å². The van der Waals surface area contributed by atoms with Crippen LogP contribution in [-0.4, -0.2) is 43.4 Å². The van der Waals surface area contributed by atoms with Gasteiger partial charge in [-0.2, -0.15) is 0 Å². The van der Waals surface area contributed by atoms with Crippen LogP contribution in [0.1, 0.15) is 36.6 Å². The number of fused-ring (bicyclic) bond motifs is 1. The molecule has 0 bridgehead atoms. The summed E-state index contributed by atoms with van der Waals surface area (Å²) < 4.78 is 30.3. The third kappa shape index (κ3) is 6.79. The third-order valence-corrected chi connectivity index (χ3v) is 9.01. The highest BCUT2D eigenvalue weighted by atomic mass is 79.9. The van der Waals surface area contributed by atoms with Crippen molar-refractivity contribution in [3.05, 3.63) is 117 Å². The van der Waals surface area contributed by atoms with Crippen molar-refractivity contribution in [3.63, 3.8) is 0 Å². The Balaban J connectivity index is 1.55. The zero-order chi connectivity index (χ0) is 33.8. The molecule has 14 heteroatoms. The minimum atomic E-state index is -0.869. The second-order valence-electron chi connectivity index (χ2n) is 10.2. The van der Waals surface area contributed by atoms with Crippen LogP contribution in [0.25, 0.3) is 6.08 Å². The Labute approximate surface area is 281 Å². The number of thiazole rings is 1. The molecule has 0 aliphatic carbocycles. The van der Waals surface area contributed by atoms with Crippen molar-refractivity contribution in [2.75, 3.05) is 27.9 Å². The Hall–Kier alpha value is -4.95. The van der Waals surface area contributed by atoms with Gasteiger partial charge in [0.15, 0.2) is 27.8 Å². The Bertz CT molecular complexity index is 2070. The average Bonchev–Trinajstić information content (AvgIpc) is 3.36. The number of non-ortho nitro benzene ring substituents is 1. The number of halogens is 1. The summed E-state index contributed by atoms with van der Waals surface area (Å²) in [4.78, 5) is 42.9. The molecular weight excluding hydrogens is 694 g/mol. The number of hydrogen-bond acceptors (Lipinski definition) is 11. The van der Waals surface area contributed by atoms with E-state index in [2.05, 4.69) is 20.9 Å². The van der Waals surface area contributed by atoms with Crippen LogP contribution < -0.4 is 33.8 Å². The van der Waals surface area contributed by atoms with E-state index in [1.165, 1.54) is 49.4 Å². The van der Waals surface area contributed by atoms with Gasteiger partial charge >= 0.3 is 5.97 Å². The molecule has 0 saturated heterocycles. The molecule has 12 nitrogen and oxygen atoms in total. The summed E-state index contributed by atoms with van der Waals surface area (Å²) in [6.07, 6.45) is 1.72. The SMILES string of the molecule is CCOC(=O)C1=C(C)N=c2s/c(=C\c3ccc(OCc4ccc([N+](=O)[O-])cc4)c(OC)c3)c(=O)n2[C@@H]1c1cc(OC)c(OC)cc1Br. The smallest absolute Gasteiger partial charge is 0.338 e. The van der Waals surface area contributed by atoms with Crippen LogP contribution in [-0.2, 0) is 16.1 Å². The summed E-state index contributed by atoms with van der Waals surface area (Å²) in [5, 5.41) is 10.9. The van der Waals surface area contributed by atoms with E-state index in [-0.39, 0.29) is 30.0 Å². The number of nitro groups is 1. The molecule has 0 radical (unpaired) electrons. The molecule has 1 aliphatic heterocycles. The molecule has 0 spiro atoms. The van der Waals surface area contributed by atoms with Crippen molar-refractivity contribution in [1.29, 1.82) is 0 Å². The maximum atomic E-state index is 14.1. The predicted molar refractivity (Wildman–Crippen MR) is 178 cm³/mol. The third-order valence-electron chi connectivity index (χ3n) is 7.34. The number of esters is 1. The summed E-state index contributed by atoms with van der Waals surface area (Å²) in [5.74, 6) is 1.21. The number of benzene rings is 3. The fraction of sp³-hybridized carbons (Fsp3) is 0.242. The normalized spacial score (nSPS) is 14.3. The van der Waals surface area contributed by atoms with Crippen LogP contribution >= 0.6 is 27.3 Å². The number of carbonyl (C=O) groups is 1. The molecule has 0 N–H and O–H groups in total. The highest BCUT2D eigenvalue weighted by Gasteiger charge is 2.35. The summed E-state index contributed by atoms with van der Waals surface area (Å²) in [6, 6.07) is 13.9. The van der Waals surface area contributed by atoms with Crippen LogP contribution in [0.3, 0.4) is 0 Å². The highest BCUT2D eigenvalue weighted by Crippen LogP contribution is 2.41. The van der Waals surface area contributed by atoms with E-state index in [1.54, 1.807) is 62.4 Å². The summed E-state index contributed by atoms with van der Waals surface area (Å²) in [6.45, 7) is 3.74. The van der Waals surface area contributed by atoms with Crippen LogP contribution in [0.5, 0.6) is 23.0 Å². The molecule has 0 saturated carbocycles. The van der Waals surface area contributed by atoms with Crippen molar-refractivity contribution in [2.45, 2.75) is 26.5 Å². The number of rotatable bonds is 11. The van der Waals surface area contributed by atoms with Crippen LogP contribution in [0.4, 0.5) is 5.69 Å². The van der Waals surface area contributed by atoms with Gasteiger partial charge < -0.3 is 23.7 Å². The molecule has 47 heavy (non-hydrogen) atoms. The van der Waals surface area contributed by atoms with Crippen molar-refractivity contribution in [3.8, 4) is 23.0 Å². The Morgan fingerprint density at radius 2 is 1.68 bits per heavy atom. The molecule has 1 aliphatic rings. The average molecular weight is 725 g/mol. The number of carbonyl (C=O) groups excluding carboxylic acids is 1. The van der Waals surface area contributed by atoms with Crippen molar-refractivity contribution in [1.82, 2.24) is 4.57 Å². The quantitative estimate of drug-likeness (QED) is 0.118. The van der Waals surface area contributed by atoms with Crippen LogP contribution in [0, 0.1) is 10.1 Å². The standard InChI is InChI=1S/C33H30BrN3O9S/c1-6-45-32(39)29-18(2)35-33-36(30(29)22-15-26(43-4)27(44-5)16-23(22)34)31(38)28(47-33)14-20-9-12-24(25(13-20)42-3)46-17-19-7-10-21(11-8-19)37(40)41/h7-16,30H,6,17H2,1-5H3/b28-14-/t30-/m1/s1. The van der Waals surface area contributed by atoms with Gasteiger partial charge in [0.2, 0.25) is 0 Å². The van der Waals surface area contributed by atoms with E-state index in [0.29, 0.717) is 53.6 Å². The predicted octanol–water partition coefficient (Wildman–Crippen LogP) is 5.07.